The lowest BCUT2D eigenvalue weighted by Crippen LogP contribution is -2.10. The lowest BCUT2D eigenvalue weighted by molar-refractivity contribution is -0.142. The summed E-state index contributed by atoms with van der Waals surface area (Å²) in [6.45, 7) is 3.88. The summed E-state index contributed by atoms with van der Waals surface area (Å²) in [6, 6.07) is 3.41. The molecule has 0 aliphatic heterocycles. The first-order chi connectivity index (χ1) is 7.60. The van der Waals surface area contributed by atoms with Gasteiger partial charge in [-0.1, -0.05) is 23.7 Å². The Labute approximate surface area is 99.4 Å². The van der Waals surface area contributed by atoms with E-state index < -0.39 is 0 Å². The highest BCUT2D eigenvalue weighted by Crippen LogP contribution is 2.24. The zero-order valence-electron chi connectivity index (χ0n) is 9.25. The highest BCUT2D eigenvalue weighted by Gasteiger charge is 2.13. The van der Waals surface area contributed by atoms with Gasteiger partial charge in [0.2, 0.25) is 0 Å². The van der Waals surface area contributed by atoms with Crippen molar-refractivity contribution in [2.75, 3.05) is 6.61 Å². The van der Waals surface area contributed by atoms with Crippen LogP contribution in [0, 0.1) is 6.92 Å². The van der Waals surface area contributed by atoms with E-state index in [0.717, 1.165) is 5.56 Å². The molecular weight excluding hydrogens is 228 g/mol. The largest absolute Gasteiger partial charge is 0.466 e. The fourth-order valence-corrected chi connectivity index (χ4v) is 1.64. The zero-order chi connectivity index (χ0) is 12.1. The van der Waals surface area contributed by atoms with E-state index in [4.69, 9.17) is 16.3 Å². The van der Waals surface area contributed by atoms with Crippen LogP contribution in [0.25, 0.3) is 0 Å². The molecule has 0 N–H and O–H groups in total. The van der Waals surface area contributed by atoms with Gasteiger partial charge in [-0.25, -0.2) is 0 Å². The van der Waals surface area contributed by atoms with Crippen LogP contribution in [0.5, 0.6) is 0 Å². The van der Waals surface area contributed by atoms with E-state index in [9.17, 15) is 9.59 Å². The number of rotatable bonds is 4. The van der Waals surface area contributed by atoms with Gasteiger partial charge in [0, 0.05) is 10.6 Å². The molecule has 1 aromatic rings. The van der Waals surface area contributed by atoms with Crippen molar-refractivity contribution in [3.8, 4) is 0 Å². The van der Waals surface area contributed by atoms with Gasteiger partial charge in [-0.2, -0.15) is 0 Å². The second-order valence-electron chi connectivity index (χ2n) is 3.36. The molecule has 0 aromatic heterocycles. The van der Waals surface area contributed by atoms with Gasteiger partial charge in [0.1, 0.15) is 6.29 Å². The van der Waals surface area contributed by atoms with Gasteiger partial charge in [0.25, 0.3) is 0 Å². The highest BCUT2D eigenvalue weighted by atomic mass is 35.5. The molecular formula is C12H13ClO3. The lowest BCUT2D eigenvalue weighted by Gasteiger charge is -2.09. The Kier molecular flexibility index (Phi) is 4.50. The van der Waals surface area contributed by atoms with E-state index in [2.05, 4.69) is 0 Å². The van der Waals surface area contributed by atoms with Crippen LogP contribution >= 0.6 is 11.6 Å². The molecule has 4 heteroatoms. The van der Waals surface area contributed by atoms with Crippen LogP contribution in [0.1, 0.15) is 28.4 Å². The first-order valence-electron chi connectivity index (χ1n) is 4.99. The molecule has 0 spiro atoms. The fraction of sp³-hybridized carbons (Fsp3) is 0.333. The average Bonchev–Trinajstić information content (AvgIpc) is 2.25. The van der Waals surface area contributed by atoms with Crippen LogP contribution < -0.4 is 0 Å². The summed E-state index contributed by atoms with van der Waals surface area (Å²) in [5, 5.41) is 0.456. The van der Waals surface area contributed by atoms with Gasteiger partial charge in [-0.05, 0) is 25.0 Å². The third kappa shape index (κ3) is 2.83. The van der Waals surface area contributed by atoms with Crippen molar-refractivity contribution in [2.45, 2.75) is 20.3 Å². The molecule has 86 valence electrons. The molecule has 0 saturated carbocycles. The average molecular weight is 241 g/mol. The molecule has 0 bridgehead atoms. The third-order valence-corrected chi connectivity index (χ3v) is 2.75. The number of aryl methyl sites for hydroxylation is 1. The number of benzene rings is 1. The summed E-state index contributed by atoms with van der Waals surface area (Å²) < 4.78 is 4.83. The molecule has 0 aliphatic rings. The van der Waals surface area contributed by atoms with Gasteiger partial charge < -0.3 is 4.74 Å². The molecule has 3 nitrogen and oxygen atoms in total. The Balaban J connectivity index is 3.05. The molecule has 0 atom stereocenters. The number of aldehydes is 1. The van der Waals surface area contributed by atoms with Crippen LogP contribution in [0.3, 0.4) is 0 Å². The molecule has 16 heavy (non-hydrogen) atoms. The zero-order valence-corrected chi connectivity index (χ0v) is 10.0. The van der Waals surface area contributed by atoms with Crippen molar-refractivity contribution >= 4 is 23.9 Å². The topological polar surface area (TPSA) is 43.4 Å². The smallest absolute Gasteiger partial charge is 0.310 e. The maximum Gasteiger partial charge on any atom is 0.310 e. The van der Waals surface area contributed by atoms with E-state index in [-0.39, 0.29) is 12.4 Å². The fourth-order valence-electron chi connectivity index (χ4n) is 1.40. The van der Waals surface area contributed by atoms with Gasteiger partial charge in [0.05, 0.1) is 13.0 Å². The van der Waals surface area contributed by atoms with Crippen molar-refractivity contribution in [2.24, 2.45) is 0 Å². The number of halogens is 1. The van der Waals surface area contributed by atoms with Crippen molar-refractivity contribution in [3.63, 3.8) is 0 Å². The van der Waals surface area contributed by atoms with Gasteiger partial charge in [-0.3, -0.25) is 9.59 Å². The standard InChI is InChI=1S/C12H13ClO3/c1-3-16-11(15)6-10-9(7-14)5-4-8(2)12(10)13/h4-5,7H,3,6H2,1-2H3. The van der Waals surface area contributed by atoms with Crippen molar-refractivity contribution in [3.05, 3.63) is 33.8 Å². The third-order valence-electron chi connectivity index (χ3n) is 2.23. The minimum atomic E-state index is -0.377. The monoisotopic (exact) mass is 240 g/mol. The normalized spacial score (nSPS) is 9.94. The van der Waals surface area contributed by atoms with E-state index >= 15 is 0 Å². The van der Waals surface area contributed by atoms with Crippen LogP contribution in [-0.4, -0.2) is 18.9 Å². The summed E-state index contributed by atoms with van der Waals surface area (Å²) >= 11 is 6.05. The summed E-state index contributed by atoms with van der Waals surface area (Å²) in [5.74, 6) is -0.377. The van der Waals surface area contributed by atoms with E-state index in [1.54, 1.807) is 19.1 Å². The van der Waals surface area contributed by atoms with Gasteiger partial charge >= 0.3 is 5.97 Å². The molecule has 0 saturated heterocycles. The molecule has 1 aromatic carbocycles. The van der Waals surface area contributed by atoms with E-state index in [1.807, 2.05) is 6.92 Å². The van der Waals surface area contributed by atoms with E-state index in [1.165, 1.54) is 0 Å². The molecule has 0 heterocycles. The van der Waals surface area contributed by atoms with Crippen molar-refractivity contribution < 1.29 is 14.3 Å². The minimum absolute atomic E-state index is 0.0302. The number of carbonyl (C=O) groups is 2. The molecule has 1 rings (SSSR count). The number of esters is 1. The molecule has 0 fully saturated rings. The summed E-state index contributed by atoms with van der Waals surface area (Å²) in [4.78, 5) is 22.2. The first-order valence-corrected chi connectivity index (χ1v) is 5.36. The second-order valence-corrected chi connectivity index (χ2v) is 3.74. The maximum absolute atomic E-state index is 11.3. The van der Waals surface area contributed by atoms with Gasteiger partial charge in [0.15, 0.2) is 0 Å². The highest BCUT2D eigenvalue weighted by molar-refractivity contribution is 6.32. The van der Waals surface area contributed by atoms with Crippen LogP contribution in [0.4, 0.5) is 0 Å². The number of ether oxygens (including phenoxy) is 1. The SMILES string of the molecule is CCOC(=O)Cc1c(C=O)ccc(C)c1Cl. The Morgan fingerprint density at radius 2 is 2.19 bits per heavy atom. The molecule has 0 amide bonds. The number of hydrogen-bond donors (Lipinski definition) is 0. The van der Waals surface area contributed by atoms with Crippen molar-refractivity contribution in [1.82, 2.24) is 0 Å². The van der Waals surface area contributed by atoms with Crippen LogP contribution in [0.2, 0.25) is 5.02 Å². The summed E-state index contributed by atoms with van der Waals surface area (Å²) in [5.41, 5.74) is 1.81. The Morgan fingerprint density at radius 1 is 1.50 bits per heavy atom. The summed E-state index contributed by atoms with van der Waals surface area (Å²) in [7, 11) is 0. The summed E-state index contributed by atoms with van der Waals surface area (Å²) in [6.07, 6.45) is 0.725. The first kappa shape index (κ1) is 12.7. The Bertz CT molecular complexity index is 413. The van der Waals surface area contributed by atoms with Gasteiger partial charge in [-0.15, -0.1) is 0 Å². The molecule has 0 radical (unpaired) electrons. The predicted octanol–water partition coefficient (Wildman–Crippen LogP) is 2.57. The second kappa shape index (κ2) is 5.66. The minimum Gasteiger partial charge on any atom is -0.466 e. The Morgan fingerprint density at radius 3 is 2.75 bits per heavy atom. The number of hydrogen-bond acceptors (Lipinski definition) is 3. The lowest BCUT2D eigenvalue weighted by atomic mass is 10.0. The van der Waals surface area contributed by atoms with Crippen LogP contribution in [0.15, 0.2) is 12.1 Å². The number of carbonyl (C=O) groups excluding carboxylic acids is 2. The maximum atomic E-state index is 11.3. The molecule has 0 unspecified atom stereocenters. The van der Waals surface area contributed by atoms with E-state index in [0.29, 0.717) is 29.0 Å². The quantitative estimate of drug-likeness (QED) is 0.600. The Hall–Kier alpha value is -1.35. The van der Waals surface area contributed by atoms with Crippen LogP contribution in [-0.2, 0) is 16.0 Å². The van der Waals surface area contributed by atoms with Crippen molar-refractivity contribution in [1.29, 1.82) is 0 Å². The predicted molar refractivity (Wildman–Crippen MR) is 61.9 cm³/mol. The molecule has 0 aliphatic carbocycles.